The molecule has 0 aromatic heterocycles. The average molecular weight is 222 g/mol. The predicted octanol–water partition coefficient (Wildman–Crippen LogP) is 1.07. The molecule has 0 bridgehead atoms. The molecule has 0 unspecified atom stereocenters. The quantitative estimate of drug-likeness (QED) is 0.707. The van der Waals surface area contributed by atoms with Gasteiger partial charge in [-0.05, 0) is 23.6 Å². The van der Waals surface area contributed by atoms with Crippen molar-refractivity contribution in [3.63, 3.8) is 0 Å². The Kier molecular flexibility index (Phi) is 2.13. The third-order valence-electron chi connectivity index (χ3n) is 2.17. The van der Waals surface area contributed by atoms with E-state index in [1.807, 2.05) is 6.07 Å². The van der Waals surface area contributed by atoms with Crippen molar-refractivity contribution in [1.82, 2.24) is 0 Å². The fraction of sp³-hybridized carbons (Fsp3) is 0. The summed E-state index contributed by atoms with van der Waals surface area (Å²) in [7, 11) is -3.70. The first-order chi connectivity index (χ1) is 6.98. The Hall–Kier alpha value is -1.59. The number of sulfonamides is 1. The Balaban J connectivity index is 2.92. The molecule has 15 heavy (non-hydrogen) atoms. The monoisotopic (exact) mass is 222 g/mol. The lowest BCUT2D eigenvalue weighted by Gasteiger charge is -2.04. The summed E-state index contributed by atoms with van der Waals surface area (Å²) < 4.78 is 22.6. The van der Waals surface area contributed by atoms with E-state index < -0.39 is 10.0 Å². The van der Waals surface area contributed by atoms with Crippen molar-refractivity contribution in [3.8, 4) is 0 Å². The van der Waals surface area contributed by atoms with Gasteiger partial charge in [0.05, 0.1) is 4.90 Å². The summed E-state index contributed by atoms with van der Waals surface area (Å²) >= 11 is 0. The van der Waals surface area contributed by atoms with Crippen molar-refractivity contribution in [2.75, 3.05) is 5.73 Å². The van der Waals surface area contributed by atoms with Gasteiger partial charge < -0.3 is 5.73 Å². The molecule has 0 aliphatic heterocycles. The largest absolute Gasteiger partial charge is 0.399 e. The summed E-state index contributed by atoms with van der Waals surface area (Å²) in [5.74, 6) is 0. The molecule has 2 aromatic carbocycles. The molecule has 0 heterocycles. The minimum atomic E-state index is -3.70. The van der Waals surface area contributed by atoms with Gasteiger partial charge in [0.1, 0.15) is 0 Å². The summed E-state index contributed by atoms with van der Waals surface area (Å²) in [6.07, 6.45) is 0. The molecule has 0 saturated heterocycles. The summed E-state index contributed by atoms with van der Waals surface area (Å²) in [5, 5.41) is 6.46. The van der Waals surface area contributed by atoms with E-state index in [-0.39, 0.29) is 4.90 Å². The second-order valence-corrected chi connectivity index (χ2v) is 4.81. The first kappa shape index (κ1) is 9.95. The van der Waals surface area contributed by atoms with Gasteiger partial charge in [0.25, 0.3) is 0 Å². The van der Waals surface area contributed by atoms with Gasteiger partial charge in [-0.3, -0.25) is 0 Å². The summed E-state index contributed by atoms with van der Waals surface area (Å²) in [5.41, 5.74) is 6.11. The van der Waals surface area contributed by atoms with Crippen LogP contribution in [0, 0.1) is 0 Å². The average Bonchev–Trinajstić information content (AvgIpc) is 2.15. The van der Waals surface area contributed by atoms with Crippen LogP contribution in [0.5, 0.6) is 0 Å². The van der Waals surface area contributed by atoms with Crippen LogP contribution in [-0.2, 0) is 10.0 Å². The van der Waals surface area contributed by atoms with Crippen LogP contribution in [0.3, 0.4) is 0 Å². The third kappa shape index (κ3) is 1.79. The normalized spacial score (nSPS) is 11.8. The Labute approximate surface area is 87.6 Å². The van der Waals surface area contributed by atoms with E-state index in [2.05, 4.69) is 0 Å². The van der Waals surface area contributed by atoms with Gasteiger partial charge in [0, 0.05) is 11.1 Å². The maximum Gasteiger partial charge on any atom is 0.238 e. The van der Waals surface area contributed by atoms with Crippen molar-refractivity contribution in [2.24, 2.45) is 5.14 Å². The van der Waals surface area contributed by atoms with Crippen molar-refractivity contribution in [3.05, 3.63) is 36.4 Å². The molecule has 0 fully saturated rings. The van der Waals surface area contributed by atoms with Crippen LogP contribution in [0.15, 0.2) is 41.3 Å². The molecule has 0 spiro atoms. The number of hydrogen-bond acceptors (Lipinski definition) is 3. The first-order valence-corrected chi connectivity index (χ1v) is 5.84. The molecular weight excluding hydrogens is 212 g/mol. The van der Waals surface area contributed by atoms with Gasteiger partial charge >= 0.3 is 0 Å². The molecule has 0 aliphatic rings. The molecule has 0 radical (unpaired) electrons. The molecule has 0 amide bonds. The van der Waals surface area contributed by atoms with Gasteiger partial charge in [0.15, 0.2) is 0 Å². The zero-order valence-corrected chi connectivity index (χ0v) is 8.66. The van der Waals surface area contributed by atoms with Crippen LogP contribution < -0.4 is 10.9 Å². The highest BCUT2D eigenvalue weighted by Gasteiger charge is 2.11. The van der Waals surface area contributed by atoms with Crippen molar-refractivity contribution >= 4 is 26.5 Å². The number of benzene rings is 2. The number of anilines is 1. The Morgan fingerprint density at radius 1 is 1.07 bits per heavy atom. The van der Waals surface area contributed by atoms with Crippen LogP contribution in [0.4, 0.5) is 5.69 Å². The number of fused-ring (bicyclic) bond motifs is 1. The van der Waals surface area contributed by atoms with Crippen molar-refractivity contribution in [1.29, 1.82) is 0 Å². The Bertz CT molecular complexity index is 620. The SMILES string of the molecule is Nc1ccc2cccc(S(N)(=O)=O)c2c1. The van der Waals surface area contributed by atoms with Gasteiger partial charge in [-0.2, -0.15) is 0 Å². The molecule has 0 aliphatic carbocycles. The molecule has 4 N–H and O–H groups in total. The molecule has 0 saturated carbocycles. The predicted molar refractivity (Wildman–Crippen MR) is 59.7 cm³/mol. The number of primary sulfonamides is 1. The Morgan fingerprint density at radius 3 is 2.47 bits per heavy atom. The van der Waals surface area contributed by atoms with Crippen LogP contribution in [0.2, 0.25) is 0 Å². The lowest BCUT2D eigenvalue weighted by molar-refractivity contribution is 0.598. The van der Waals surface area contributed by atoms with E-state index >= 15 is 0 Å². The van der Waals surface area contributed by atoms with Crippen LogP contribution >= 0.6 is 0 Å². The van der Waals surface area contributed by atoms with Gasteiger partial charge in [-0.15, -0.1) is 0 Å². The summed E-state index contributed by atoms with van der Waals surface area (Å²) in [6.45, 7) is 0. The lowest BCUT2D eigenvalue weighted by atomic mass is 10.1. The lowest BCUT2D eigenvalue weighted by Crippen LogP contribution is -2.12. The second kappa shape index (κ2) is 3.22. The smallest absolute Gasteiger partial charge is 0.238 e. The second-order valence-electron chi connectivity index (χ2n) is 3.28. The molecule has 5 heteroatoms. The standard InChI is InChI=1S/C10H10N2O2S/c11-8-5-4-7-2-1-3-10(9(7)6-8)15(12,13)14/h1-6H,11H2,(H2,12,13,14). The minimum absolute atomic E-state index is 0.104. The zero-order valence-electron chi connectivity index (χ0n) is 7.84. The van der Waals surface area contributed by atoms with Crippen LogP contribution in [0.1, 0.15) is 0 Å². The highest BCUT2D eigenvalue weighted by molar-refractivity contribution is 7.89. The molecule has 0 atom stereocenters. The first-order valence-electron chi connectivity index (χ1n) is 4.29. The van der Waals surface area contributed by atoms with E-state index in [1.54, 1.807) is 24.3 Å². The molecule has 2 aromatic rings. The fourth-order valence-electron chi connectivity index (χ4n) is 1.51. The molecule has 2 rings (SSSR count). The van der Waals surface area contributed by atoms with Crippen molar-refractivity contribution < 1.29 is 8.42 Å². The highest BCUT2D eigenvalue weighted by Crippen LogP contribution is 2.23. The van der Waals surface area contributed by atoms with E-state index in [0.717, 1.165) is 5.39 Å². The number of nitrogen functional groups attached to an aromatic ring is 1. The maximum atomic E-state index is 11.3. The zero-order chi connectivity index (χ0) is 11.1. The minimum Gasteiger partial charge on any atom is -0.399 e. The van der Waals surface area contributed by atoms with Gasteiger partial charge in [-0.1, -0.05) is 18.2 Å². The topological polar surface area (TPSA) is 86.2 Å². The van der Waals surface area contributed by atoms with E-state index in [1.165, 1.54) is 6.07 Å². The maximum absolute atomic E-state index is 11.3. The van der Waals surface area contributed by atoms with Gasteiger partial charge in [-0.25, -0.2) is 13.6 Å². The number of nitrogens with two attached hydrogens (primary N) is 2. The van der Waals surface area contributed by atoms with Crippen LogP contribution in [-0.4, -0.2) is 8.42 Å². The van der Waals surface area contributed by atoms with E-state index in [0.29, 0.717) is 11.1 Å². The summed E-state index contributed by atoms with van der Waals surface area (Å²) in [4.78, 5) is 0.104. The molecule has 4 nitrogen and oxygen atoms in total. The molecular formula is C10H10N2O2S. The van der Waals surface area contributed by atoms with Gasteiger partial charge in [0.2, 0.25) is 10.0 Å². The fourth-order valence-corrected chi connectivity index (χ4v) is 2.26. The Morgan fingerprint density at radius 2 is 1.80 bits per heavy atom. The van der Waals surface area contributed by atoms with Crippen molar-refractivity contribution in [2.45, 2.75) is 4.90 Å². The third-order valence-corrected chi connectivity index (χ3v) is 3.14. The summed E-state index contributed by atoms with van der Waals surface area (Å²) in [6, 6.07) is 10.0. The van der Waals surface area contributed by atoms with Crippen LogP contribution in [0.25, 0.3) is 10.8 Å². The highest BCUT2D eigenvalue weighted by atomic mass is 32.2. The van der Waals surface area contributed by atoms with E-state index in [4.69, 9.17) is 10.9 Å². The number of hydrogen-bond donors (Lipinski definition) is 2. The molecule has 78 valence electrons. The number of rotatable bonds is 1. The van der Waals surface area contributed by atoms with E-state index in [9.17, 15) is 8.42 Å².